The highest BCUT2D eigenvalue weighted by Crippen LogP contribution is 2.05. The molecule has 1 rings (SSSR count). The third-order valence-corrected chi connectivity index (χ3v) is 1.38. The molecule has 0 aliphatic rings. The topological polar surface area (TPSA) is 86.5 Å². The van der Waals surface area contributed by atoms with Gasteiger partial charge in [0, 0.05) is 17.8 Å². The fourth-order valence-electron chi connectivity index (χ4n) is 0.727. The zero-order chi connectivity index (χ0) is 8.97. The molecule has 4 N–H and O–H groups in total. The van der Waals surface area contributed by atoms with Crippen LogP contribution in [0.15, 0.2) is 23.4 Å². The maximum atomic E-state index is 5.43. The first kappa shape index (κ1) is 8.32. The zero-order valence-electron chi connectivity index (χ0n) is 6.69. The van der Waals surface area contributed by atoms with Gasteiger partial charge in [0.1, 0.15) is 0 Å². The van der Waals surface area contributed by atoms with Crippen LogP contribution in [0.25, 0.3) is 0 Å². The van der Waals surface area contributed by atoms with Crippen molar-refractivity contribution in [2.24, 2.45) is 16.7 Å². The third kappa shape index (κ3) is 1.63. The highest BCUT2D eigenvalue weighted by molar-refractivity contribution is 5.96. The summed E-state index contributed by atoms with van der Waals surface area (Å²) in [6, 6.07) is 3.42. The highest BCUT2D eigenvalue weighted by atomic mass is 16.5. The van der Waals surface area contributed by atoms with Crippen LogP contribution in [-0.4, -0.2) is 17.9 Å². The summed E-state index contributed by atoms with van der Waals surface area (Å²) in [7, 11) is 1.54. The molecule has 0 aliphatic carbocycles. The van der Waals surface area contributed by atoms with E-state index in [-0.39, 0.29) is 5.84 Å². The zero-order valence-corrected chi connectivity index (χ0v) is 6.69. The second-order valence-electron chi connectivity index (χ2n) is 2.10. The van der Waals surface area contributed by atoms with Crippen LogP contribution in [0, 0.1) is 0 Å². The van der Waals surface area contributed by atoms with E-state index in [0.717, 1.165) is 0 Å². The minimum atomic E-state index is 0.255. The van der Waals surface area contributed by atoms with Crippen molar-refractivity contribution in [1.82, 2.24) is 4.98 Å². The van der Waals surface area contributed by atoms with Gasteiger partial charge in [0.05, 0.1) is 7.11 Å². The van der Waals surface area contributed by atoms with Crippen LogP contribution in [0.4, 0.5) is 0 Å². The molecule has 0 saturated carbocycles. The summed E-state index contributed by atoms with van der Waals surface area (Å²) in [6.45, 7) is 0. The van der Waals surface area contributed by atoms with Crippen molar-refractivity contribution in [1.29, 1.82) is 0 Å². The van der Waals surface area contributed by atoms with E-state index in [1.807, 2.05) is 0 Å². The Morgan fingerprint density at radius 1 is 1.58 bits per heavy atom. The van der Waals surface area contributed by atoms with E-state index < -0.39 is 0 Å². The van der Waals surface area contributed by atoms with Gasteiger partial charge in [-0.15, -0.1) is 0 Å². The molecule has 0 aliphatic heterocycles. The second kappa shape index (κ2) is 3.56. The monoisotopic (exact) mass is 166 g/mol. The molecule has 0 radical (unpaired) electrons. The molecule has 0 amide bonds. The maximum Gasteiger partial charge on any atom is 0.212 e. The average molecular weight is 166 g/mol. The van der Waals surface area contributed by atoms with E-state index in [4.69, 9.17) is 16.3 Å². The number of aromatic nitrogens is 1. The third-order valence-electron chi connectivity index (χ3n) is 1.38. The fraction of sp³-hybridized carbons (Fsp3) is 0.143. The first-order chi connectivity index (χ1) is 5.77. The number of hydrogen-bond acceptors (Lipinski definition) is 4. The Morgan fingerprint density at radius 3 is 2.75 bits per heavy atom. The molecular weight excluding hydrogens is 156 g/mol. The normalized spacial score (nSPS) is 11.2. The van der Waals surface area contributed by atoms with E-state index >= 15 is 0 Å². The summed E-state index contributed by atoms with van der Waals surface area (Å²) in [5.41, 5.74) is 6.11. The standard InChI is InChI=1S/C7H10N4O/c1-12-6-3-2-5(4-10-6)7(8)11-9/h2-4H,9H2,1H3,(H2,8,11). The van der Waals surface area contributed by atoms with Crippen molar-refractivity contribution in [2.75, 3.05) is 7.11 Å². The molecule has 12 heavy (non-hydrogen) atoms. The molecule has 0 unspecified atom stereocenters. The lowest BCUT2D eigenvalue weighted by Gasteiger charge is -1.99. The number of ether oxygens (including phenoxy) is 1. The Balaban J connectivity index is 2.92. The van der Waals surface area contributed by atoms with Gasteiger partial charge >= 0.3 is 0 Å². The van der Waals surface area contributed by atoms with E-state index in [1.165, 1.54) is 0 Å². The SMILES string of the molecule is COc1ccc(/C(N)=N/N)cn1. The van der Waals surface area contributed by atoms with Gasteiger partial charge in [-0.3, -0.25) is 0 Å². The number of amidine groups is 1. The van der Waals surface area contributed by atoms with Crippen LogP contribution in [0.1, 0.15) is 5.56 Å². The summed E-state index contributed by atoms with van der Waals surface area (Å²) < 4.78 is 4.86. The van der Waals surface area contributed by atoms with Crippen molar-refractivity contribution in [3.05, 3.63) is 23.9 Å². The minimum absolute atomic E-state index is 0.255. The fourth-order valence-corrected chi connectivity index (χ4v) is 0.727. The van der Waals surface area contributed by atoms with Gasteiger partial charge in [-0.1, -0.05) is 0 Å². The Labute approximate surface area is 70.0 Å². The van der Waals surface area contributed by atoms with Crippen LogP contribution in [0.2, 0.25) is 0 Å². The molecule has 0 atom stereocenters. The number of hydrazone groups is 1. The van der Waals surface area contributed by atoms with E-state index in [1.54, 1.807) is 25.4 Å². The molecule has 5 nitrogen and oxygen atoms in total. The molecule has 1 heterocycles. The molecule has 1 aromatic heterocycles. The summed E-state index contributed by atoms with van der Waals surface area (Å²) >= 11 is 0. The lowest BCUT2D eigenvalue weighted by molar-refractivity contribution is 0.398. The van der Waals surface area contributed by atoms with Crippen LogP contribution in [0.3, 0.4) is 0 Å². The molecule has 0 saturated heterocycles. The van der Waals surface area contributed by atoms with Crippen LogP contribution in [0.5, 0.6) is 5.88 Å². The summed E-state index contributed by atoms with van der Waals surface area (Å²) in [5.74, 6) is 5.76. The smallest absolute Gasteiger partial charge is 0.212 e. The molecule has 0 aromatic carbocycles. The van der Waals surface area contributed by atoms with Crippen molar-refractivity contribution in [2.45, 2.75) is 0 Å². The van der Waals surface area contributed by atoms with Crippen molar-refractivity contribution >= 4 is 5.84 Å². The molecule has 0 fully saturated rings. The average Bonchev–Trinajstić information content (AvgIpc) is 2.17. The maximum absolute atomic E-state index is 5.43. The number of nitrogens with zero attached hydrogens (tertiary/aromatic N) is 2. The van der Waals surface area contributed by atoms with E-state index in [9.17, 15) is 0 Å². The minimum Gasteiger partial charge on any atom is -0.481 e. The summed E-state index contributed by atoms with van der Waals surface area (Å²) in [5, 5.41) is 3.33. The van der Waals surface area contributed by atoms with Crippen LogP contribution >= 0.6 is 0 Å². The van der Waals surface area contributed by atoms with Crippen molar-refractivity contribution in [3.63, 3.8) is 0 Å². The highest BCUT2D eigenvalue weighted by Gasteiger charge is 1.98. The molecule has 0 bridgehead atoms. The van der Waals surface area contributed by atoms with Gasteiger partial charge < -0.3 is 16.3 Å². The summed E-state index contributed by atoms with van der Waals surface area (Å²) in [4.78, 5) is 3.93. The predicted molar refractivity (Wildman–Crippen MR) is 45.7 cm³/mol. The Morgan fingerprint density at radius 2 is 2.33 bits per heavy atom. The van der Waals surface area contributed by atoms with Crippen molar-refractivity contribution in [3.8, 4) is 5.88 Å². The lowest BCUT2D eigenvalue weighted by atomic mass is 10.3. The van der Waals surface area contributed by atoms with Gasteiger partial charge in [-0.2, -0.15) is 5.10 Å². The van der Waals surface area contributed by atoms with Crippen LogP contribution in [-0.2, 0) is 0 Å². The quantitative estimate of drug-likeness (QED) is 0.272. The van der Waals surface area contributed by atoms with Gasteiger partial charge in [-0.25, -0.2) is 4.98 Å². The molecule has 0 spiro atoms. The Kier molecular flexibility index (Phi) is 2.47. The molecular formula is C7H10N4O. The number of methoxy groups -OCH3 is 1. The Hall–Kier alpha value is -1.78. The van der Waals surface area contributed by atoms with Gasteiger partial charge in [0.25, 0.3) is 0 Å². The number of rotatable bonds is 2. The second-order valence-corrected chi connectivity index (χ2v) is 2.10. The van der Waals surface area contributed by atoms with E-state index in [0.29, 0.717) is 11.4 Å². The largest absolute Gasteiger partial charge is 0.481 e. The van der Waals surface area contributed by atoms with Gasteiger partial charge in [0.2, 0.25) is 5.88 Å². The lowest BCUT2D eigenvalue weighted by Crippen LogP contribution is -2.15. The first-order valence-electron chi connectivity index (χ1n) is 3.31. The van der Waals surface area contributed by atoms with Crippen molar-refractivity contribution < 1.29 is 4.74 Å². The molecule has 1 aromatic rings. The van der Waals surface area contributed by atoms with E-state index in [2.05, 4.69) is 10.1 Å². The van der Waals surface area contributed by atoms with Gasteiger partial charge in [-0.05, 0) is 6.07 Å². The molecule has 64 valence electrons. The number of hydrogen-bond donors (Lipinski definition) is 2. The van der Waals surface area contributed by atoms with Gasteiger partial charge in [0.15, 0.2) is 5.84 Å². The van der Waals surface area contributed by atoms with Crippen LogP contribution < -0.4 is 16.3 Å². The number of pyridine rings is 1. The predicted octanol–water partition coefficient (Wildman–Crippen LogP) is -0.331. The molecule has 5 heteroatoms. The Bertz CT molecular complexity index is 280. The first-order valence-corrected chi connectivity index (χ1v) is 3.31. The number of nitrogens with two attached hydrogens (primary N) is 2. The summed E-state index contributed by atoms with van der Waals surface area (Å²) in [6.07, 6.45) is 1.55.